The summed E-state index contributed by atoms with van der Waals surface area (Å²) in [6.45, 7) is 2.94. The number of fused-ring (bicyclic) bond motifs is 8. The lowest BCUT2D eigenvalue weighted by Gasteiger charge is -2.33. The fraction of sp³-hybridized carbons (Fsp3) is 0.391. The van der Waals surface area contributed by atoms with E-state index in [4.69, 9.17) is 25.8 Å². The highest BCUT2D eigenvalue weighted by Gasteiger charge is 2.50. The standard InChI is InChI=1S/C23H22ClNO3/c24-19-7-16(26-12-14-4-2-1-3-5-14)8-20-23(19)18-11-25(20)10-15-6-21-22(9-17(15)18)28-13-27-21/h1-7,9,16,18,20,23H,8,10-13H2/t16-,18-,20-,23+/m0/s1. The Bertz CT molecular complexity index is 944. The molecule has 4 nitrogen and oxygen atoms in total. The lowest BCUT2D eigenvalue weighted by Crippen LogP contribution is -2.38. The zero-order valence-electron chi connectivity index (χ0n) is 15.5. The van der Waals surface area contributed by atoms with E-state index >= 15 is 0 Å². The zero-order chi connectivity index (χ0) is 18.7. The van der Waals surface area contributed by atoms with Crippen LogP contribution in [0, 0.1) is 5.92 Å². The van der Waals surface area contributed by atoms with Gasteiger partial charge in [0.1, 0.15) is 0 Å². The fourth-order valence-electron chi connectivity index (χ4n) is 5.33. The Labute approximate surface area is 169 Å². The third kappa shape index (κ3) is 2.66. The van der Waals surface area contributed by atoms with E-state index in [2.05, 4.69) is 35.2 Å². The molecule has 5 heteroatoms. The number of benzene rings is 2. The lowest BCUT2D eigenvalue weighted by atomic mass is 9.79. The molecule has 1 unspecified atom stereocenters. The molecule has 0 radical (unpaired) electrons. The van der Waals surface area contributed by atoms with Crippen molar-refractivity contribution < 1.29 is 14.2 Å². The summed E-state index contributed by atoms with van der Waals surface area (Å²) >= 11 is 6.84. The van der Waals surface area contributed by atoms with Gasteiger partial charge in [-0.2, -0.15) is 0 Å². The predicted octanol–water partition coefficient (Wildman–Crippen LogP) is 4.42. The van der Waals surface area contributed by atoms with Gasteiger partial charge in [-0.25, -0.2) is 0 Å². The van der Waals surface area contributed by atoms with Crippen molar-refractivity contribution >= 4 is 11.6 Å². The summed E-state index contributed by atoms with van der Waals surface area (Å²) < 4.78 is 17.4. The minimum absolute atomic E-state index is 0.0630. The van der Waals surface area contributed by atoms with Gasteiger partial charge in [0, 0.05) is 36.0 Å². The van der Waals surface area contributed by atoms with E-state index in [0.717, 1.165) is 36.0 Å². The number of hydrogen-bond acceptors (Lipinski definition) is 4. The van der Waals surface area contributed by atoms with E-state index in [1.54, 1.807) is 0 Å². The minimum atomic E-state index is 0.0630. The molecule has 0 amide bonds. The Morgan fingerprint density at radius 2 is 1.93 bits per heavy atom. The second-order valence-electron chi connectivity index (χ2n) is 8.16. The van der Waals surface area contributed by atoms with Crippen LogP contribution in [0.5, 0.6) is 11.5 Å². The molecule has 2 bridgehead atoms. The van der Waals surface area contributed by atoms with Crippen molar-refractivity contribution in [2.75, 3.05) is 13.3 Å². The van der Waals surface area contributed by atoms with Crippen LogP contribution in [0.2, 0.25) is 0 Å². The highest BCUT2D eigenvalue weighted by molar-refractivity contribution is 6.30. The van der Waals surface area contributed by atoms with Gasteiger partial charge in [0.25, 0.3) is 0 Å². The SMILES string of the molecule is ClC1=C[C@H](OCc2ccccc2)C[C@H]2[C@@H]1[C@H]1CN2Cc2cc3c(cc21)OCO3. The van der Waals surface area contributed by atoms with Gasteiger partial charge in [-0.15, -0.1) is 0 Å². The van der Waals surface area contributed by atoms with Gasteiger partial charge in [-0.05, 0) is 41.3 Å². The molecule has 1 fully saturated rings. The third-order valence-corrected chi connectivity index (χ3v) is 6.98. The van der Waals surface area contributed by atoms with Crippen molar-refractivity contribution in [2.45, 2.75) is 37.6 Å². The van der Waals surface area contributed by atoms with Gasteiger partial charge >= 0.3 is 0 Å². The molecule has 144 valence electrons. The maximum Gasteiger partial charge on any atom is 0.231 e. The molecule has 3 heterocycles. The highest BCUT2D eigenvalue weighted by atomic mass is 35.5. The molecule has 4 aliphatic rings. The number of rotatable bonds is 3. The van der Waals surface area contributed by atoms with Gasteiger partial charge in [-0.3, -0.25) is 4.90 Å². The number of hydrogen-bond donors (Lipinski definition) is 0. The summed E-state index contributed by atoms with van der Waals surface area (Å²) in [6.07, 6.45) is 3.19. The Hall–Kier alpha value is -2.01. The van der Waals surface area contributed by atoms with Gasteiger partial charge in [0.05, 0.1) is 12.7 Å². The molecule has 1 saturated heterocycles. The lowest BCUT2D eigenvalue weighted by molar-refractivity contribution is 0.0380. The van der Waals surface area contributed by atoms with Crippen molar-refractivity contribution in [3.05, 3.63) is 70.3 Å². The average molecular weight is 396 g/mol. The summed E-state index contributed by atoms with van der Waals surface area (Å²) in [7, 11) is 0. The second kappa shape index (κ2) is 6.51. The Balaban J connectivity index is 1.26. The molecule has 5 atom stereocenters. The second-order valence-corrected chi connectivity index (χ2v) is 8.59. The van der Waals surface area contributed by atoms with Crippen LogP contribution < -0.4 is 9.47 Å². The van der Waals surface area contributed by atoms with Crippen LogP contribution in [0.25, 0.3) is 0 Å². The van der Waals surface area contributed by atoms with E-state index in [9.17, 15) is 0 Å². The maximum atomic E-state index is 6.84. The maximum absolute atomic E-state index is 6.84. The number of nitrogens with zero attached hydrogens (tertiary/aromatic N) is 1. The van der Waals surface area contributed by atoms with Crippen LogP contribution in [-0.2, 0) is 17.9 Å². The first-order valence-corrected chi connectivity index (χ1v) is 10.3. The van der Waals surface area contributed by atoms with Crippen LogP contribution in [0.15, 0.2) is 53.6 Å². The van der Waals surface area contributed by atoms with Crippen molar-refractivity contribution in [3.63, 3.8) is 0 Å². The Morgan fingerprint density at radius 1 is 1.11 bits per heavy atom. The normalized spacial score (nSPS) is 31.9. The smallest absolute Gasteiger partial charge is 0.231 e. The van der Waals surface area contributed by atoms with Crippen LogP contribution in [-0.4, -0.2) is 30.4 Å². The number of halogens is 1. The van der Waals surface area contributed by atoms with Crippen LogP contribution in [0.1, 0.15) is 29.0 Å². The molecule has 0 saturated carbocycles. The highest BCUT2D eigenvalue weighted by Crippen LogP contribution is 2.53. The molecule has 3 aliphatic heterocycles. The van der Waals surface area contributed by atoms with Gasteiger partial charge in [0.2, 0.25) is 6.79 Å². The van der Waals surface area contributed by atoms with Gasteiger partial charge in [0.15, 0.2) is 11.5 Å². The summed E-state index contributed by atoms with van der Waals surface area (Å²) in [6, 6.07) is 15.1. The third-order valence-electron chi connectivity index (χ3n) is 6.60. The quantitative estimate of drug-likeness (QED) is 0.769. The minimum Gasteiger partial charge on any atom is -0.454 e. The molecule has 1 aliphatic carbocycles. The summed E-state index contributed by atoms with van der Waals surface area (Å²) in [5, 5.41) is 0.951. The van der Waals surface area contributed by atoms with Crippen molar-refractivity contribution in [3.8, 4) is 11.5 Å². The van der Waals surface area contributed by atoms with Crippen LogP contribution >= 0.6 is 11.6 Å². The molecule has 0 spiro atoms. The van der Waals surface area contributed by atoms with E-state index in [1.165, 1.54) is 16.7 Å². The molecule has 0 aromatic heterocycles. The predicted molar refractivity (Wildman–Crippen MR) is 107 cm³/mol. The van der Waals surface area contributed by atoms with Crippen molar-refractivity contribution in [1.29, 1.82) is 0 Å². The summed E-state index contributed by atoms with van der Waals surface area (Å²) in [5.74, 6) is 2.51. The average Bonchev–Trinajstić information content (AvgIpc) is 3.29. The summed E-state index contributed by atoms with van der Waals surface area (Å²) in [5.41, 5.74) is 3.92. The molecule has 2 aromatic carbocycles. The monoisotopic (exact) mass is 395 g/mol. The summed E-state index contributed by atoms with van der Waals surface area (Å²) in [4.78, 5) is 2.58. The zero-order valence-corrected chi connectivity index (χ0v) is 16.3. The molecule has 2 aromatic rings. The molecule has 28 heavy (non-hydrogen) atoms. The molecular weight excluding hydrogens is 374 g/mol. The van der Waals surface area contributed by atoms with E-state index in [-0.39, 0.29) is 6.10 Å². The van der Waals surface area contributed by atoms with Crippen LogP contribution in [0.4, 0.5) is 0 Å². The first kappa shape index (κ1) is 16.9. The van der Waals surface area contributed by atoms with Gasteiger partial charge in [-0.1, -0.05) is 41.9 Å². The Morgan fingerprint density at radius 3 is 2.79 bits per heavy atom. The van der Waals surface area contributed by atoms with Crippen molar-refractivity contribution in [2.24, 2.45) is 5.92 Å². The van der Waals surface area contributed by atoms with E-state index in [1.807, 2.05) is 18.2 Å². The fourth-order valence-corrected chi connectivity index (χ4v) is 5.77. The number of ether oxygens (including phenoxy) is 3. The Kier molecular flexibility index (Phi) is 3.93. The molecule has 0 N–H and O–H groups in total. The van der Waals surface area contributed by atoms with E-state index in [0.29, 0.717) is 31.3 Å². The molecule has 6 rings (SSSR count). The topological polar surface area (TPSA) is 30.9 Å². The van der Waals surface area contributed by atoms with E-state index < -0.39 is 0 Å². The first-order valence-electron chi connectivity index (χ1n) is 9.95. The first-order chi connectivity index (χ1) is 13.8. The van der Waals surface area contributed by atoms with Crippen LogP contribution in [0.3, 0.4) is 0 Å². The largest absolute Gasteiger partial charge is 0.454 e. The van der Waals surface area contributed by atoms with Crippen molar-refractivity contribution in [1.82, 2.24) is 4.90 Å². The molecular formula is C23H22ClNO3. The van der Waals surface area contributed by atoms with Gasteiger partial charge < -0.3 is 14.2 Å².